The number of hydrogen-bond acceptors (Lipinski definition) is 5. The van der Waals surface area contributed by atoms with Gasteiger partial charge in [-0.2, -0.15) is 5.10 Å². The van der Waals surface area contributed by atoms with Crippen molar-refractivity contribution in [1.29, 1.82) is 0 Å². The maximum absolute atomic E-state index is 12.7. The molecule has 1 saturated heterocycles. The molecule has 0 atom stereocenters. The van der Waals surface area contributed by atoms with E-state index in [1.54, 1.807) is 17.1 Å². The quantitative estimate of drug-likeness (QED) is 0.853. The van der Waals surface area contributed by atoms with Crippen LogP contribution in [0, 0.1) is 6.92 Å². The fourth-order valence-corrected chi connectivity index (χ4v) is 3.49. The number of rotatable bonds is 6. The summed E-state index contributed by atoms with van der Waals surface area (Å²) in [6.07, 6.45) is 7.63. The van der Waals surface area contributed by atoms with E-state index in [1.807, 2.05) is 32.3 Å². The minimum Gasteiger partial charge on any atom is -0.322 e. The van der Waals surface area contributed by atoms with E-state index in [1.165, 1.54) is 5.56 Å². The van der Waals surface area contributed by atoms with Crippen LogP contribution in [0.4, 0.5) is 5.69 Å². The van der Waals surface area contributed by atoms with Crippen molar-refractivity contribution in [2.75, 3.05) is 32.0 Å². The lowest BCUT2D eigenvalue weighted by molar-refractivity contribution is -0.118. The van der Waals surface area contributed by atoms with Crippen LogP contribution >= 0.6 is 0 Å². The van der Waals surface area contributed by atoms with E-state index in [0.29, 0.717) is 12.6 Å². The van der Waals surface area contributed by atoms with Crippen molar-refractivity contribution in [3.8, 4) is 0 Å². The first kappa shape index (κ1) is 18.5. The van der Waals surface area contributed by atoms with Gasteiger partial charge in [-0.15, -0.1) is 0 Å². The summed E-state index contributed by atoms with van der Waals surface area (Å²) in [5.74, 6) is 0.00841. The van der Waals surface area contributed by atoms with E-state index < -0.39 is 0 Å². The van der Waals surface area contributed by atoms with Crippen LogP contribution in [0.25, 0.3) is 0 Å². The molecule has 7 heteroatoms. The Morgan fingerprint density at radius 2 is 1.96 bits per heavy atom. The van der Waals surface area contributed by atoms with Crippen LogP contribution in [0.3, 0.4) is 0 Å². The van der Waals surface area contributed by atoms with Gasteiger partial charge in [0.25, 0.3) is 0 Å². The molecule has 1 aliphatic rings. The Labute approximate surface area is 155 Å². The third-order valence-electron chi connectivity index (χ3n) is 4.97. The topological polar surface area (TPSA) is 66.3 Å². The number of aromatic nitrogens is 3. The molecule has 0 bridgehead atoms. The molecule has 0 saturated carbocycles. The van der Waals surface area contributed by atoms with Gasteiger partial charge in [0.2, 0.25) is 5.91 Å². The van der Waals surface area contributed by atoms with Gasteiger partial charge < -0.3 is 10.2 Å². The molecule has 2 aromatic heterocycles. The normalized spacial score (nSPS) is 16.2. The van der Waals surface area contributed by atoms with Crippen LogP contribution < -0.4 is 5.32 Å². The van der Waals surface area contributed by atoms with Crippen LogP contribution in [0.15, 0.2) is 30.7 Å². The molecule has 1 aliphatic heterocycles. The van der Waals surface area contributed by atoms with Gasteiger partial charge in [-0.1, -0.05) is 0 Å². The van der Waals surface area contributed by atoms with Gasteiger partial charge in [-0.05, 0) is 57.6 Å². The molecule has 0 aromatic carbocycles. The molecule has 3 heterocycles. The number of piperidine rings is 1. The Hall–Kier alpha value is -2.25. The van der Waals surface area contributed by atoms with Crippen LogP contribution in [-0.4, -0.2) is 63.2 Å². The van der Waals surface area contributed by atoms with Crippen molar-refractivity contribution in [3.63, 3.8) is 0 Å². The van der Waals surface area contributed by atoms with Crippen LogP contribution in [0.2, 0.25) is 0 Å². The van der Waals surface area contributed by atoms with Gasteiger partial charge >= 0.3 is 0 Å². The molecule has 0 unspecified atom stereocenters. The largest absolute Gasteiger partial charge is 0.322 e. The molecule has 0 radical (unpaired) electrons. The molecule has 1 N–H and O–H groups in total. The molecule has 26 heavy (non-hydrogen) atoms. The van der Waals surface area contributed by atoms with E-state index in [9.17, 15) is 4.79 Å². The highest BCUT2D eigenvalue weighted by atomic mass is 16.2. The van der Waals surface area contributed by atoms with E-state index in [-0.39, 0.29) is 5.91 Å². The zero-order chi connectivity index (χ0) is 18.5. The van der Waals surface area contributed by atoms with Crippen molar-refractivity contribution in [2.45, 2.75) is 32.4 Å². The van der Waals surface area contributed by atoms with Crippen molar-refractivity contribution in [3.05, 3.63) is 42.0 Å². The minimum absolute atomic E-state index is 0.00841. The highest BCUT2D eigenvalue weighted by molar-refractivity contribution is 5.92. The Kier molecular flexibility index (Phi) is 6.00. The predicted octanol–water partition coefficient (Wildman–Crippen LogP) is 1.66. The maximum atomic E-state index is 12.7. The first-order valence-electron chi connectivity index (χ1n) is 9.13. The summed E-state index contributed by atoms with van der Waals surface area (Å²) < 4.78 is 1.72. The fraction of sp³-hybridized carbons (Fsp3) is 0.526. The van der Waals surface area contributed by atoms with Gasteiger partial charge in [-0.3, -0.25) is 19.4 Å². The number of aryl methyl sites for hydroxylation is 2. The van der Waals surface area contributed by atoms with E-state index in [0.717, 1.165) is 43.9 Å². The summed E-state index contributed by atoms with van der Waals surface area (Å²) in [4.78, 5) is 21.4. The van der Waals surface area contributed by atoms with Crippen LogP contribution in [0.5, 0.6) is 0 Å². The number of nitrogens with one attached hydrogen (secondary N) is 1. The smallest absolute Gasteiger partial charge is 0.238 e. The summed E-state index contributed by atoms with van der Waals surface area (Å²) in [5.41, 5.74) is 2.80. The van der Waals surface area contributed by atoms with Gasteiger partial charge in [0.05, 0.1) is 17.9 Å². The average molecular weight is 356 g/mol. The van der Waals surface area contributed by atoms with Gasteiger partial charge in [0, 0.05) is 38.2 Å². The monoisotopic (exact) mass is 356 g/mol. The van der Waals surface area contributed by atoms with Gasteiger partial charge in [0.1, 0.15) is 0 Å². The van der Waals surface area contributed by atoms with Crippen molar-refractivity contribution in [1.82, 2.24) is 24.6 Å². The highest BCUT2D eigenvalue weighted by Gasteiger charge is 2.25. The second kappa shape index (κ2) is 8.42. The maximum Gasteiger partial charge on any atom is 0.238 e. The second-order valence-electron chi connectivity index (χ2n) is 7.14. The molecule has 140 valence electrons. The van der Waals surface area contributed by atoms with Crippen molar-refractivity contribution in [2.24, 2.45) is 7.05 Å². The standard InChI is InChI=1S/C19H28N6O/c1-15-18(13-24(3)22-15)21-19(26)14-25(12-16-4-8-20-9-5-16)17-6-10-23(2)11-7-17/h4-5,8-9,13,17H,6-7,10-12,14H2,1-3H3,(H,21,26). The Morgan fingerprint density at radius 3 is 2.58 bits per heavy atom. The van der Waals surface area contributed by atoms with Crippen molar-refractivity contribution >= 4 is 11.6 Å². The van der Waals surface area contributed by atoms with E-state index in [4.69, 9.17) is 0 Å². The first-order chi connectivity index (χ1) is 12.5. The molecule has 0 aliphatic carbocycles. The third kappa shape index (κ3) is 4.89. The number of nitrogens with zero attached hydrogens (tertiary/aromatic N) is 5. The number of anilines is 1. The molecule has 0 spiro atoms. The lowest BCUT2D eigenvalue weighted by Crippen LogP contribution is -2.46. The minimum atomic E-state index is 0.00841. The molecule has 3 rings (SSSR count). The van der Waals surface area contributed by atoms with Crippen LogP contribution in [0.1, 0.15) is 24.1 Å². The third-order valence-corrected chi connectivity index (χ3v) is 4.97. The molecular weight excluding hydrogens is 328 g/mol. The van der Waals surface area contributed by atoms with Gasteiger partial charge in [-0.25, -0.2) is 0 Å². The number of hydrogen-bond donors (Lipinski definition) is 1. The Morgan fingerprint density at radius 1 is 1.27 bits per heavy atom. The van der Waals surface area contributed by atoms with Gasteiger partial charge in [0.15, 0.2) is 0 Å². The summed E-state index contributed by atoms with van der Waals surface area (Å²) in [7, 11) is 4.01. The number of carbonyl (C=O) groups excluding carboxylic acids is 1. The van der Waals surface area contributed by atoms with Crippen molar-refractivity contribution < 1.29 is 4.79 Å². The molecule has 1 amide bonds. The molecule has 7 nitrogen and oxygen atoms in total. The molecule has 2 aromatic rings. The second-order valence-corrected chi connectivity index (χ2v) is 7.14. The predicted molar refractivity (Wildman–Crippen MR) is 102 cm³/mol. The number of likely N-dealkylation sites (tertiary alicyclic amines) is 1. The fourth-order valence-electron chi connectivity index (χ4n) is 3.49. The lowest BCUT2D eigenvalue weighted by Gasteiger charge is -2.37. The number of amides is 1. The lowest BCUT2D eigenvalue weighted by atomic mass is 10.0. The van der Waals surface area contributed by atoms with E-state index >= 15 is 0 Å². The average Bonchev–Trinajstić information content (AvgIpc) is 2.93. The summed E-state index contributed by atoms with van der Waals surface area (Å²) in [6, 6.07) is 4.45. The first-order valence-corrected chi connectivity index (χ1v) is 9.13. The summed E-state index contributed by atoms with van der Waals surface area (Å²) in [5, 5.41) is 7.29. The molecule has 1 fully saturated rings. The number of carbonyl (C=O) groups is 1. The zero-order valence-electron chi connectivity index (χ0n) is 15.9. The SMILES string of the molecule is Cc1nn(C)cc1NC(=O)CN(Cc1ccncc1)C1CCN(C)CC1. The zero-order valence-corrected chi connectivity index (χ0v) is 15.9. The summed E-state index contributed by atoms with van der Waals surface area (Å²) >= 11 is 0. The van der Waals surface area contributed by atoms with E-state index in [2.05, 4.69) is 32.2 Å². The Balaban J connectivity index is 1.68. The highest BCUT2D eigenvalue weighted by Crippen LogP contribution is 2.19. The summed E-state index contributed by atoms with van der Waals surface area (Å²) in [6.45, 7) is 5.18. The number of pyridine rings is 1. The van der Waals surface area contributed by atoms with Crippen LogP contribution in [-0.2, 0) is 18.4 Å². The molecular formula is C19H28N6O. The Bertz CT molecular complexity index is 721.